The largest absolute Gasteiger partial charge is 0.477 e. The number of rotatable bonds is 11. The molecule has 1 fully saturated rings. The number of methoxy groups -OCH3 is 1. The van der Waals surface area contributed by atoms with Crippen LogP contribution in [0.25, 0.3) is 0 Å². The predicted octanol–water partition coefficient (Wildman–Crippen LogP) is 5.00. The second kappa shape index (κ2) is 25.3. The monoisotopic (exact) mass is 924 g/mol. The third-order valence-corrected chi connectivity index (χ3v) is 11.4. The number of amides is 2. The van der Waals surface area contributed by atoms with Crippen molar-refractivity contribution in [1.82, 2.24) is 25.1 Å². The first-order chi connectivity index (χ1) is 33.3. The minimum Gasteiger partial charge on any atom is -0.477 e. The highest BCUT2D eigenvalue weighted by molar-refractivity contribution is 5.97. The number of hydrogen-bond acceptors (Lipinski definition) is 13. The van der Waals surface area contributed by atoms with E-state index in [0.29, 0.717) is 103 Å². The Balaban J connectivity index is 0.985. The van der Waals surface area contributed by atoms with E-state index in [9.17, 15) is 24.3 Å². The van der Waals surface area contributed by atoms with Crippen LogP contribution in [0.4, 0.5) is 5.69 Å². The fourth-order valence-corrected chi connectivity index (χ4v) is 7.89. The molecule has 2 aromatic heterocycles. The molecule has 1 atom stereocenters. The van der Waals surface area contributed by atoms with Gasteiger partial charge in [-0.1, -0.05) is 66.4 Å². The number of pyridine rings is 2. The molecule has 3 aromatic carbocycles. The second-order valence-corrected chi connectivity index (χ2v) is 16.0. The zero-order valence-electron chi connectivity index (χ0n) is 38.1. The molecule has 0 saturated carbocycles. The van der Waals surface area contributed by atoms with Gasteiger partial charge in [-0.15, -0.1) is 0 Å². The third kappa shape index (κ3) is 13.9. The maximum absolute atomic E-state index is 13.8. The van der Waals surface area contributed by atoms with Crippen LogP contribution in [0.2, 0.25) is 0 Å². The third-order valence-electron chi connectivity index (χ3n) is 11.4. The van der Waals surface area contributed by atoms with E-state index < -0.39 is 18.0 Å². The molecule has 0 aliphatic carbocycles. The van der Waals surface area contributed by atoms with Gasteiger partial charge in [-0.25, -0.2) is 19.6 Å². The Kier molecular flexibility index (Phi) is 18.3. The number of carboxylic acid groups (broad SMARTS) is 1. The number of para-hydroxylation sites is 1. The maximum atomic E-state index is 13.8. The van der Waals surface area contributed by atoms with E-state index in [1.807, 2.05) is 66.7 Å². The molecule has 7 rings (SSSR count). The number of nitrogens with one attached hydrogen (secondary N) is 1. The molecule has 2 N–H and O–H groups in total. The maximum Gasteiger partial charge on any atom is 0.356 e. The van der Waals surface area contributed by atoms with E-state index in [-0.39, 0.29) is 36.2 Å². The lowest BCUT2D eigenvalue weighted by molar-refractivity contribution is -0.118. The molecular formula is C52H56N6O10. The van der Waals surface area contributed by atoms with Gasteiger partial charge in [-0.05, 0) is 65.7 Å². The number of nitrogens with zero attached hydrogens (tertiary/aromatic N) is 5. The van der Waals surface area contributed by atoms with E-state index in [0.717, 1.165) is 33.6 Å². The van der Waals surface area contributed by atoms with Crippen LogP contribution >= 0.6 is 0 Å². The molecule has 0 spiro atoms. The van der Waals surface area contributed by atoms with Crippen molar-refractivity contribution in [2.75, 3.05) is 97.6 Å². The lowest BCUT2D eigenvalue weighted by atomic mass is 9.99. The summed E-state index contributed by atoms with van der Waals surface area (Å²) in [6.45, 7) is 6.00. The molecule has 1 saturated heterocycles. The summed E-state index contributed by atoms with van der Waals surface area (Å²) >= 11 is 0. The number of carboxylic acids is 1. The predicted molar refractivity (Wildman–Crippen MR) is 252 cm³/mol. The summed E-state index contributed by atoms with van der Waals surface area (Å²) in [5.74, 6) is 4.32. The van der Waals surface area contributed by atoms with Crippen molar-refractivity contribution in [2.45, 2.75) is 25.6 Å². The van der Waals surface area contributed by atoms with Crippen molar-refractivity contribution >= 4 is 29.4 Å². The fraction of sp³-hybridized carbons (Fsp3) is 0.346. The molecular weight excluding hydrogens is 869 g/mol. The van der Waals surface area contributed by atoms with Crippen molar-refractivity contribution in [2.24, 2.45) is 0 Å². The van der Waals surface area contributed by atoms with Gasteiger partial charge >= 0.3 is 11.9 Å². The van der Waals surface area contributed by atoms with Crippen molar-refractivity contribution in [3.63, 3.8) is 0 Å². The van der Waals surface area contributed by atoms with Gasteiger partial charge in [-0.3, -0.25) is 19.4 Å². The van der Waals surface area contributed by atoms with Crippen LogP contribution < -0.4 is 10.2 Å². The number of hydrogen-bond donors (Lipinski definition) is 2. The summed E-state index contributed by atoms with van der Waals surface area (Å²) in [7, 11) is 1.33. The molecule has 68 heavy (non-hydrogen) atoms. The smallest absolute Gasteiger partial charge is 0.356 e. The first kappa shape index (κ1) is 49.1. The van der Waals surface area contributed by atoms with Crippen LogP contribution in [-0.4, -0.2) is 141 Å². The minimum atomic E-state index is -1.15. The van der Waals surface area contributed by atoms with Crippen molar-refractivity contribution in [3.8, 4) is 11.8 Å². The van der Waals surface area contributed by atoms with E-state index in [1.165, 1.54) is 13.2 Å². The summed E-state index contributed by atoms with van der Waals surface area (Å²) in [5.41, 5.74) is 5.85. The number of aromatic carboxylic acids is 1. The first-order valence-corrected chi connectivity index (χ1v) is 22.7. The van der Waals surface area contributed by atoms with E-state index >= 15 is 0 Å². The molecule has 2 amide bonds. The van der Waals surface area contributed by atoms with Gasteiger partial charge in [0.25, 0.3) is 5.91 Å². The van der Waals surface area contributed by atoms with Gasteiger partial charge in [-0.2, -0.15) is 0 Å². The van der Waals surface area contributed by atoms with E-state index in [1.54, 1.807) is 41.3 Å². The number of benzene rings is 3. The Morgan fingerprint density at radius 3 is 2.00 bits per heavy atom. The summed E-state index contributed by atoms with van der Waals surface area (Å²) in [6, 6.07) is 32.1. The van der Waals surface area contributed by atoms with Crippen LogP contribution in [0.3, 0.4) is 0 Å². The average Bonchev–Trinajstić information content (AvgIpc) is 3.35. The standard InChI is InChI=1S/C52H56N6O10/c1-64-52(63)46-14-6-11-43(54-46)37-56-24-28-65-32-34-67-30-26-57(27-31-68-35-33-66-29-25-56)49(44-12-7-13-45(55-44)51(61)62)40-18-20-41(21-19-40)50(60)53-23-22-48(59)58-36-42-10-3-2-8-38(42)16-17-39-9-4-5-15-47(39)58/h2-15,18-21,49H,22-37H2,1H3,(H,53,60)(H,61,62). The highest BCUT2D eigenvalue weighted by Crippen LogP contribution is 2.29. The van der Waals surface area contributed by atoms with Gasteiger partial charge in [0.2, 0.25) is 5.91 Å². The van der Waals surface area contributed by atoms with E-state index in [2.05, 4.69) is 36.9 Å². The Hall–Kier alpha value is -6.84. The first-order valence-electron chi connectivity index (χ1n) is 22.7. The van der Waals surface area contributed by atoms with Crippen LogP contribution in [0.1, 0.15) is 77.4 Å². The molecule has 4 heterocycles. The number of aromatic nitrogens is 2. The molecule has 2 aliphatic rings. The van der Waals surface area contributed by atoms with Crippen LogP contribution in [-0.2, 0) is 41.6 Å². The van der Waals surface area contributed by atoms with Gasteiger partial charge in [0.05, 0.1) is 89.6 Å². The summed E-state index contributed by atoms with van der Waals surface area (Å²) < 4.78 is 28.8. The summed E-state index contributed by atoms with van der Waals surface area (Å²) in [6.07, 6.45) is 0.0749. The second-order valence-electron chi connectivity index (χ2n) is 16.0. The summed E-state index contributed by atoms with van der Waals surface area (Å²) in [4.78, 5) is 66.4. The molecule has 5 aromatic rings. The number of anilines is 1. The number of fused-ring (bicyclic) bond motifs is 2. The van der Waals surface area contributed by atoms with Gasteiger partial charge in [0.1, 0.15) is 11.4 Å². The Morgan fingerprint density at radius 1 is 0.691 bits per heavy atom. The van der Waals surface area contributed by atoms with Gasteiger partial charge in [0.15, 0.2) is 0 Å². The number of ether oxygens (including phenoxy) is 5. The molecule has 16 heteroatoms. The molecule has 354 valence electrons. The molecule has 1 unspecified atom stereocenters. The topological polar surface area (TPSA) is 182 Å². The van der Waals surface area contributed by atoms with Gasteiger partial charge in [0, 0.05) is 62.4 Å². The molecule has 16 nitrogen and oxygen atoms in total. The van der Waals surface area contributed by atoms with Crippen molar-refractivity contribution in [1.29, 1.82) is 0 Å². The van der Waals surface area contributed by atoms with Crippen molar-refractivity contribution < 1.29 is 48.0 Å². The highest BCUT2D eigenvalue weighted by atomic mass is 16.5. The lowest BCUT2D eigenvalue weighted by Crippen LogP contribution is -2.37. The minimum absolute atomic E-state index is 0.0749. The number of esters is 1. The van der Waals surface area contributed by atoms with Gasteiger partial charge < -0.3 is 39.0 Å². The number of carbonyl (C=O) groups excluding carboxylic acids is 3. The Labute approximate surface area is 396 Å². The van der Waals surface area contributed by atoms with Crippen molar-refractivity contribution in [3.05, 3.63) is 160 Å². The summed E-state index contributed by atoms with van der Waals surface area (Å²) in [5, 5.41) is 12.8. The van der Waals surface area contributed by atoms with Crippen LogP contribution in [0.15, 0.2) is 109 Å². The Morgan fingerprint density at radius 2 is 1.31 bits per heavy atom. The quantitative estimate of drug-likeness (QED) is 0.133. The average molecular weight is 925 g/mol. The lowest BCUT2D eigenvalue weighted by Gasteiger charge is -2.32. The highest BCUT2D eigenvalue weighted by Gasteiger charge is 2.26. The molecule has 0 radical (unpaired) electrons. The normalized spacial score (nSPS) is 16.2. The SMILES string of the molecule is COC(=O)c1cccc(CN2CCOCCOCCN(C(c3ccc(C(=O)NCCC(=O)N4Cc5ccccc5C#Cc5ccccc54)cc3)c3cccc(C(=O)O)n3)CCOCCOCC2)n1. The fourth-order valence-electron chi connectivity index (χ4n) is 7.89. The number of carbonyl (C=O) groups is 4. The zero-order valence-corrected chi connectivity index (χ0v) is 38.1. The van der Waals surface area contributed by atoms with E-state index in [4.69, 9.17) is 23.7 Å². The molecule has 0 bridgehead atoms. The Bertz CT molecular complexity index is 2540. The zero-order chi connectivity index (χ0) is 47.5. The van der Waals surface area contributed by atoms with Crippen LogP contribution in [0, 0.1) is 11.8 Å². The molecule has 2 aliphatic heterocycles. The van der Waals surface area contributed by atoms with Crippen LogP contribution in [0.5, 0.6) is 0 Å².